The van der Waals surface area contributed by atoms with Gasteiger partial charge in [-0.2, -0.15) is 0 Å². The summed E-state index contributed by atoms with van der Waals surface area (Å²) in [5, 5.41) is 12.3. The van der Waals surface area contributed by atoms with Crippen molar-refractivity contribution >= 4 is 23.2 Å². The van der Waals surface area contributed by atoms with Crippen molar-refractivity contribution in [1.29, 1.82) is 0 Å². The molecule has 92 valence electrons. The Morgan fingerprint density at radius 1 is 1.33 bits per heavy atom. The minimum absolute atomic E-state index is 0.0596. The highest BCUT2D eigenvalue weighted by Crippen LogP contribution is 2.26. The van der Waals surface area contributed by atoms with E-state index in [2.05, 4.69) is 10.3 Å². The summed E-state index contributed by atoms with van der Waals surface area (Å²) in [7, 11) is 0. The number of rotatable bonds is 2. The first kappa shape index (κ1) is 12.3. The van der Waals surface area contributed by atoms with E-state index in [0.29, 0.717) is 5.02 Å². The van der Waals surface area contributed by atoms with Crippen molar-refractivity contribution in [2.45, 2.75) is 0 Å². The Balaban J connectivity index is 2.21. The van der Waals surface area contributed by atoms with E-state index in [1.165, 1.54) is 24.4 Å². The monoisotopic (exact) mass is 266 g/mol. The Labute approximate surface area is 107 Å². The fraction of sp³-hybridized carbons (Fsp3) is 0. The zero-order valence-corrected chi connectivity index (χ0v) is 9.78. The van der Waals surface area contributed by atoms with E-state index in [1.807, 2.05) is 0 Å². The van der Waals surface area contributed by atoms with Crippen molar-refractivity contribution in [3.05, 3.63) is 53.1 Å². The molecule has 2 aromatic rings. The number of benzene rings is 1. The number of hydrogen-bond donors (Lipinski definition) is 2. The number of pyridine rings is 1. The van der Waals surface area contributed by atoms with Crippen LogP contribution in [0.15, 0.2) is 36.7 Å². The van der Waals surface area contributed by atoms with Crippen LogP contribution in [0, 0.1) is 5.82 Å². The van der Waals surface area contributed by atoms with Crippen LogP contribution in [0.4, 0.5) is 10.1 Å². The van der Waals surface area contributed by atoms with Gasteiger partial charge >= 0.3 is 0 Å². The van der Waals surface area contributed by atoms with Gasteiger partial charge in [0.1, 0.15) is 11.6 Å². The van der Waals surface area contributed by atoms with Crippen molar-refractivity contribution in [1.82, 2.24) is 4.98 Å². The van der Waals surface area contributed by atoms with Crippen molar-refractivity contribution in [2.24, 2.45) is 0 Å². The Bertz CT molecular complexity index is 604. The predicted octanol–water partition coefficient (Wildman–Crippen LogP) is 2.83. The van der Waals surface area contributed by atoms with E-state index in [-0.39, 0.29) is 17.0 Å². The summed E-state index contributed by atoms with van der Waals surface area (Å²) < 4.78 is 12.9. The number of carbonyl (C=O) groups is 1. The van der Waals surface area contributed by atoms with Crippen LogP contribution >= 0.6 is 11.6 Å². The van der Waals surface area contributed by atoms with Crippen LogP contribution in [-0.4, -0.2) is 16.0 Å². The second-order valence-corrected chi connectivity index (χ2v) is 3.94. The molecule has 0 atom stereocenters. The lowest BCUT2D eigenvalue weighted by Crippen LogP contribution is -2.12. The van der Waals surface area contributed by atoms with Crippen molar-refractivity contribution in [3.63, 3.8) is 0 Å². The Hall–Kier alpha value is -2.14. The van der Waals surface area contributed by atoms with E-state index in [4.69, 9.17) is 11.6 Å². The first-order chi connectivity index (χ1) is 8.56. The molecule has 2 rings (SSSR count). The number of anilines is 1. The predicted molar refractivity (Wildman–Crippen MR) is 65.3 cm³/mol. The molecule has 0 fully saturated rings. The molecule has 0 unspecified atom stereocenters. The van der Waals surface area contributed by atoms with Crippen LogP contribution in [0.25, 0.3) is 0 Å². The number of carbonyl (C=O) groups excluding carboxylic acids is 1. The van der Waals surface area contributed by atoms with Gasteiger partial charge in [0.25, 0.3) is 5.91 Å². The van der Waals surface area contributed by atoms with Gasteiger partial charge in [-0.05, 0) is 18.2 Å². The smallest absolute Gasteiger partial charge is 0.257 e. The van der Waals surface area contributed by atoms with E-state index in [1.54, 1.807) is 0 Å². The molecule has 0 saturated heterocycles. The van der Waals surface area contributed by atoms with Gasteiger partial charge in [-0.1, -0.05) is 11.6 Å². The number of phenols is 1. The molecule has 0 aliphatic heterocycles. The minimum atomic E-state index is -0.608. The second-order valence-electron chi connectivity index (χ2n) is 3.51. The molecule has 0 aliphatic rings. The maximum absolute atomic E-state index is 12.9. The highest BCUT2D eigenvalue weighted by molar-refractivity contribution is 6.30. The van der Waals surface area contributed by atoms with Gasteiger partial charge in [0.2, 0.25) is 0 Å². The van der Waals surface area contributed by atoms with Gasteiger partial charge in [0, 0.05) is 17.3 Å². The molecular formula is C12H8ClFN2O2. The molecule has 18 heavy (non-hydrogen) atoms. The number of halogens is 2. The highest BCUT2D eigenvalue weighted by Gasteiger charge is 2.10. The normalized spacial score (nSPS) is 10.1. The quantitative estimate of drug-likeness (QED) is 0.822. The molecule has 1 aromatic carbocycles. The van der Waals surface area contributed by atoms with Crippen LogP contribution in [0.1, 0.15) is 10.4 Å². The lowest BCUT2D eigenvalue weighted by atomic mass is 10.2. The summed E-state index contributed by atoms with van der Waals surface area (Å²) in [5.41, 5.74) is 0.248. The lowest BCUT2D eigenvalue weighted by Gasteiger charge is -2.07. The third-order valence-electron chi connectivity index (χ3n) is 2.18. The molecular weight excluding hydrogens is 259 g/mol. The molecule has 1 aromatic heterocycles. The molecule has 0 spiro atoms. The van der Waals surface area contributed by atoms with Crippen LogP contribution < -0.4 is 5.32 Å². The molecule has 1 amide bonds. The zero-order valence-electron chi connectivity index (χ0n) is 9.02. The molecule has 1 heterocycles. The first-order valence-corrected chi connectivity index (χ1v) is 5.34. The standard InChI is InChI=1S/C12H8ClFN2O2/c13-8-1-2-10(11(17)4-8)16-12(18)7-3-9(14)6-15-5-7/h1-6,17H,(H,16,18). The van der Waals surface area contributed by atoms with Crippen LogP contribution in [0.5, 0.6) is 5.75 Å². The van der Waals surface area contributed by atoms with Crippen molar-refractivity contribution in [2.75, 3.05) is 5.32 Å². The number of aromatic hydroxyl groups is 1. The summed E-state index contributed by atoms with van der Waals surface area (Å²) in [6.07, 6.45) is 2.22. The topological polar surface area (TPSA) is 62.2 Å². The Morgan fingerprint density at radius 3 is 2.78 bits per heavy atom. The van der Waals surface area contributed by atoms with Crippen molar-refractivity contribution < 1.29 is 14.3 Å². The molecule has 0 saturated carbocycles. The number of nitrogens with one attached hydrogen (secondary N) is 1. The average molecular weight is 267 g/mol. The number of nitrogens with zero attached hydrogens (tertiary/aromatic N) is 1. The van der Waals surface area contributed by atoms with Crippen LogP contribution in [0.3, 0.4) is 0 Å². The minimum Gasteiger partial charge on any atom is -0.506 e. The first-order valence-electron chi connectivity index (χ1n) is 4.96. The maximum atomic E-state index is 12.9. The van der Waals surface area contributed by atoms with Gasteiger partial charge in [0.15, 0.2) is 0 Å². The van der Waals surface area contributed by atoms with Gasteiger partial charge in [-0.15, -0.1) is 0 Å². The number of amides is 1. The van der Waals surface area contributed by atoms with E-state index < -0.39 is 11.7 Å². The summed E-state index contributed by atoms with van der Waals surface area (Å²) >= 11 is 5.66. The van der Waals surface area contributed by atoms with Gasteiger partial charge in [-0.3, -0.25) is 9.78 Å². The average Bonchev–Trinajstić information content (AvgIpc) is 2.32. The van der Waals surface area contributed by atoms with Crippen molar-refractivity contribution in [3.8, 4) is 5.75 Å². The number of phenolic OH excluding ortho intramolecular Hbond substituents is 1. The van der Waals surface area contributed by atoms with Gasteiger partial charge in [0.05, 0.1) is 17.4 Å². The fourth-order valence-electron chi connectivity index (χ4n) is 1.34. The molecule has 0 radical (unpaired) electrons. The molecule has 0 aliphatic carbocycles. The zero-order chi connectivity index (χ0) is 13.1. The number of aromatic nitrogens is 1. The highest BCUT2D eigenvalue weighted by atomic mass is 35.5. The molecule has 2 N–H and O–H groups in total. The second kappa shape index (κ2) is 5.01. The van der Waals surface area contributed by atoms with Gasteiger partial charge in [-0.25, -0.2) is 4.39 Å². The summed E-state index contributed by atoms with van der Waals surface area (Å²) in [6, 6.07) is 5.30. The van der Waals surface area contributed by atoms with E-state index in [9.17, 15) is 14.3 Å². The SMILES string of the molecule is O=C(Nc1ccc(Cl)cc1O)c1cncc(F)c1. The Morgan fingerprint density at radius 2 is 2.11 bits per heavy atom. The summed E-state index contributed by atoms with van der Waals surface area (Å²) in [4.78, 5) is 15.3. The van der Waals surface area contributed by atoms with E-state index >= 15 is 0 Å². The number of hydrogen-bond acceptors (Lipinski definition) is 3. The Kier molecular flexibility index (Phi) is 3.43. The molecule has 0 bridgehead atoms. The lowest BCUT2D eigenvalue weighted by molar-refractivity contribution is 0.102. The third kappa shape index (κ3) is 2.75. The maximum Gasteiger partial charge on any atom is 0.257 e. The third-order valence-corrected chi connectivity index (χ3v) is 2.41. The van der Waals surface area contributed by atoms with Gasteiger partial charge < -0.3 is 10.4 Å². The summed E-state index contributed by atoms with van der Waals surface area (Å²) in [5.74, 6) is -1.34. The van der Waals surface area contributed by atoms with Crippen LogP contribution in [-0.2, 0) is 0 Å². The largest absolute Gasteiger partial charge is 0.506 e. The molecule has 6 heteroatoms. The molecule has 4 nitrogen and oxygen atoms in total. The van der Waals surface area contributed by atoms with E-state index in [0.717, 1.165) is 12.3 Å². The van der Waals surface area contributed by atoms with Crippen LogP contribution in [0.2, 0.25) is 5.02 Å². The summed E-state index contributed by atoms with van der Waals surface area (Å²) in [6.45, 7) is 0. The fourth-order valence-corrected chi connectivity index (χ4v) is 1.51.